The average Bonchev–Trinajstić information content (AvgIpc) is 3.40. The Balaban J connectivity index is 1.58. The number of hydrogen-bond acceptors (Lipinski definition) is 5. The molecule has 0 spiro atoms. The summed E-state index contributed by atoms with van der Waals surface area (Å²) in [6.07, 6.45) is 6.96. The van der Waals surface area contributed by atoms with Crippen LogP contribution in [0, 0.1) is 13.8 Å². The standard InChI is InChI=1S/C22H21N5O/c1-14-5-6-16(11-19(14)27-9-3-4-10-27)22-25-21(26-28-22)20-15(2)24-13-17-12-23-8-7-18(17)20/h3-6,9-11,13,23H,7-8,12H2,1-2H3. The molecule has 5 rings (SSSR count). The molecule has 0 fully saturated rings. The van der Waals surface area contributed by atoms with Crippen LogP contribution >= 0.6 is 0 Å². The van der Waals surface area contributed by atoms with Crippen molar-refractivity contribution in [3.05, 3.63) is 71.3 Å². The third-order valence-corrected chi connectivity index (χ3v) is 5.32. The molecule has 6 heteroatoms. The number of fused-ring (bicyclic) bond motifs is 1. The zero-order valence-electron chi connectivity index (χ0n) is 15.9. The van der Waals surface area contributed by atoms with Gasteiger partial charge < -0.3 is 14.4 Å². The van der Waals surface area contributed by atoms with E-state index in [1.807, 2.05) is 43.7 Å². The van der Waals surface area contributed by atoms with Crippen LogP contribution in [0.3, 0.4) is 0 Å². The van der Waals surface area contributed by atoms with Crippen molar-refractivity contribution in [1.29, 1.82) is 0 Å². The van der Waals surface area contributed by atoms with Crippen LogP contribution < -0.4 is 5.32 Å². The fraction of sp³-hybridized carbons (Fsp3) is 0.227. The smallest absolute Gasteiger partial charge is 0.258 e. The van der Waals surface area contributed by atoms with Crippen molar-refractivity contribution in [2.24, 2.45) is 0 Å². The molecule has 0 unspecified atom stereocenters. The van der Waals surface area contributed by atoms with Crippen LogP contribution in [0.1, 0.15) is 22.4 Å². The lowest BCUT2D eigenvalue weighted by Gasteiger charge is -2.19. The summed E-state index contributed by atoms with van der Waals surface area (Å²) >= 11 is 0. The molecule has 0 saturated heterocycles. The number of nitrogens with one attached hydrogen (secondary N) is 1. The topological polar surface area (TPSA) is 68.8 Å². The number of rotatable bonds is 3. The van der Waals surface area contributed by atoms with Gasteiger partial charge in [0.25, 0.3) is 5.89 Å². The summed E-state index contributed by atoms with van der Waals surface area (Å²) in [5.41, 5.74) is 7.62. The van der Waals surface area contributed by atoms with Crippen LogP contribution in [-0.4, -0.2) is 26.2 Å². The molecular weight excluding hydrogens is 350 g/mol. The summed E-state index contributed by atoms with van der Waals surface area (Å²) in [6, 6.07) is 10.2. The predicted octanol–water partition coefficient (Wildman–Crippen LogP) is 3.85. The van der Waals surface area contributed by atoms with Crippen LogP contribution in [0.5, 0.6) is 0 Å². The van der Waals surface area contributed by atoms with E-state index >= 15 is 0 Å². The van der Waals surface area contributed by atoms with Gasteiger partial charge in [0.05, 0.1) is 0 Å². The maximum atomic E-state index is 5.65. The molecule has 1 N–H and O–H groups in total. The molecule has 4 heterocycles. The molecule has 140 valence electrons. The van der Waals surface area contributed by atoms with Gasteiger partial charge in [-0.25, -0.2) is 0 Å². The van der Waals surface area contributed by atoms with E-state index in [0.29, 0.717) is 11.7 Å². The minimum Gasteiger partial charge on any atom is -0.334 e. The van der Waals surface area contributed by atoms with E-state index in [1.54, 1.807) is 0 Å². The molecule has 0 aliphatic carbocycles. The summed E-state index contributed by atoms with van der Waals surface area (Å²) < 4.78 is 7.74. The molecular formula is C22H21N5O. The first kappa shape index (κ1) is 16.9. The van der Waals surface area contributed by atoms with Crippen molar-refractivity contribution in [2.75, 3.05) is 6.54 Å². The van der Waals surface area contributed by atoms with Crippen molar-refractivity contribution in [1.82, 2.24) is 25.0 Å². The molecule has 0 saturated carbocycles. The largest absolute Gasteiger partial charge is 0.334 e. The third-order valence-electron chi connectivity index (χ3n) is 5.32. The molecule has 1 aliphatic heterocycles. The molecule has 6 nitrogen and oxygen atoms in total. The van der Waals surface area contributed by atoms with Crippen LogP contribution in [0.25, 0.3) is 28.5 Å². The number of benzene rings is 1. The van der Waals surface area contributed by atoms with Gasteiger partial charge >= 0.3 is 0 Å². The number of hydrogen-bond donors (Lipinski definition) is 1. The third kappa shape index (κ3) is 2.82. The van der Waals surface area contributed by atoms with E-state index in [4.69, 9.17) is 9.51 Å². The van der Waals surface area contributed by atoms with Crippen molar-refractivity contribution in [2.45, 2.75) is 26.8 Å². The summed E-state index contributed by atoms with van der Waals surface area (Å²) in [4.78, 5) is 9.27. The Bertz CT molecular complexity index is 1140. The molecule has 0 amide bonds. The minimum atomic E-state index is 0.523. The highest BCUT2D eigenvalue weighted by Gasteiger charge is 2.21. The Labute approximate surface area is 163 Å². The Morgan fingerprint density at radius 1 is 1.14 bits per heavy atom. The van der Waals surface area contributed by atoms with Gasteiger partial charge in [0.2, 0.25) is 5.82 Å². The highest BCUT2D eigenvalue weighted by Crippen LogP contribution is 2.31. The Kier molecular flexibility index (Phi) is 4.06. The van der Waals surface area contributed by atoms with E-state index in [2.05, 4.69) is 39.1 Å². The normalized spacial score (nSPS) is 13.5. The first-order valence-corrected chi connectivity index (χ1v) is 9.47. The molecule has 0 atom stereocenters. The zero-order chi connectivity index (χ0) is 19.1. The van der Waals surface area contributed by atoms with Crippen molar-refractivity contribution < 1.29 is 4.52 Å². The van der Waals surface area contributed by atoms with Crippen LogP contribution in [-0.2, 0) is 13.0 Å². The lowest BCUT2D eigenvalue weighted by Crippen LogP contribution is -2.24. The van der Waals surface area contributed by atoms with Crippen LogP contribution in [0.15, 0.2) is 53.4 Å². The molecule has 28 heavy (non-hydrogen) atoms. The van der Waals surface area contributed by atoms with E-state index in [-0.39, 0.29) is 0 Å². The molecule has 0 bridgehead atoms. The Morgan fingerprint density at radius 2 is 2.00 bits per heavy atom. The summed E-state index contributed by atoms with van der Waals surface area (Å²) in [6.45, 7) is 5.88. The van der Waals surface area contributed by atoms with Crippen LogP contribution in [0.4, 0.5) is 0 Å². The first-order valence-electron chi connectivity index (χ1n) is 9.47. The average molecular weight is 371 g/mol. The highest BCUT2D eigenvalue weighted by molar-refractivity contribution is 5.67. The number of pyridine rings is 1. The number of aromatic nitrogens is 4. The highest BCUT2D eigenvalue weighted by atomic mass is 16.5. The molecule has 3 aromatic heterocycles. The Hall–Kier alpha value is -3.25. The minimum absolute atomic E-state index is 0.523. The summed E-state index contributed by atoms with van der Waals surface area (Å²) in [5, 5.41) is 7.68. The van der Waals surface area contributed by atoms with Gasteiger partial charge in [-0.05, 0) is 67.8 Å². The molecule has 1 aliphatic rings. The molecule has 1 aromatic carbocycles. The summed E-state index contributed by atoms with van der Waals surface area (Å²) in [7, 11) is 0. The Morgan fingerprint density at radius 3 is 2.86 bits per heavy atom. The second-order valence-corrected chi connectivity index (χ2v) is 7.16. The van der Waals surface area contributed by atoms with Gasteiger partial charge in [0.15, 0.2) is 0 Å². The SMILES string of the molecule is Cc1ccc(-c2nc(-c3c(C)ncc4c3CCNC4)no2)cc1-n1cccc1. The van der Waals surface area contributed by atoms with E-state index in [1.165, 1.54) is 16.7 Å². The van der Waals surface area contributed by atoms with Crippen molar-refractivity contribution >= 4 is 0 Å². The van der Waals surface area contributed by atoms with Gasteiger partial charge in [-0.15, -0.1) is 0 Å². The van der Waals surface area contributed by atoms with Gasteiger partial charge in [0.1, 0.15) is 0 Å². The number of aryl methyl sites for hydroxylation is 2. The van der Waals surface area contributed by atoms with Crippen molar-refractivity contribution in [3.8, 4) is 28.5 Å². The van der Waals surface area contributed by atoms with Crippen LogP contribution in [0.2, 0.25) is 0 Å². The van der Waals surface area contributed by atoms with Crippen molar-refractivity contribution in [3.63, 3.8) is 0 Å². The van der Waals surface area contributed by atoms with Gasteiger partial charge in [-0.2, -0.15) is 4.98 Å². The maximum absolute atomic E-state index is 5.65. The quantitative estimate of drug-likeness (QED) is 0.592. The fourth-order valence-corrected chi connectivity index (χ4v) is 3.83. The van der Waals surface area contributed by atoms with E-state index in [0.717, 1.165) is 42.0 Å². The second-order valence-electron chi connectivity index (χ2n) is 7.16. The van der Waals surface area contributed by atoms with Gasteiger partial charge in [-0.3, -0.25) is 4.98 Å². The molecule has 4 aromatic rings. The lowest BCUT2D eigenvalue weighted by atomic mass is 9.95. The zero-order valence-corrected chi connectivity index (χ0v) is 15.9. The summed E-state index contributed by atoms with van der Waals surface area (Å²) in [5.74, 6) is 1.14. The first-order chi connectivity index (χ1) is 13.7. The monoisotopic (exact) mass is 371 g/mol. The van der Waals surface area contributed by atoms with E-state index in [9.17, 15) is 0 Å². The molecule has 0 radical (unpaired) electrons. The van der Waals surface area contributed by atoms with E-state index < -0.39 is 0 Å². The maximum Gasteiger partial charge on any atom is 0.258 e. The van der Waals surface area contributed by atoms with Gasteiger partial charge in [-0.1, -0.05) is 11.2 Å². The fourth-order valence-electron chi connectivity index (χ4n) is 3.83. The number of nitrogens with zero attached hydrogens (tertiary/aromatic N) is 4. The predicted molar refractivity (Wildman–Crippen MR) is 107 cm³/mol. The lowest BCUT2D eigenvalue weighted by molar-refractivity contribution is 0.432. The second kappa shape index (κ2) is 6.73. The van der Waals surface area contributed by atoms with Gasteiger partial charge in [0, 0.05) is 47.6 Å².